The number of sulfonamides is 1. The normalized spacial score (nSPS) is 14.2. The van der Waals surface area contributed by atoms with Gasteiger partial charge in [-0.15, -0.1) is 12.4 Å². The second-order valence-electron chi connectivity index (χ2n) is 9.16. The van der Waals surface area contributed by atoms with Crippen LogP contribution in [0.25, 0.3) is 10.2 Å². The average molecular weight is 590 g/mol. The number of thiazole rings is 1. The van der Waals surface area contributed by atoms with Crippen LogP contribution in [0.2, 0.25) is 0 Å². The predicted octanol–water partition coefficient (Wildman–Crippen LogP) is 4.52. The molecule has 206 valence electrons. The van der Waals surface area contributed by atoms with E-state index in [0.717, 1.165) is 49.0 Å². The monoisotopic (exact) mass is 589 g/mol. The molecule has 1 saturated heterocycles. The van der Waals surface area contributed by atoms with Crippen LogP contribution >= 0.6 is 23.7 Å². The topological polar surface area (TPSA) is 94.6 Å². The maximum absolute atomic E-state index is 13.2. The SMILES string of the molecule is Cc1ccc2nc(N3CCN(CCNC(=O)c4ccccc4NS(=O)(=O)c4ccc(F)cc4)CC3)sc2c1.Cl. The Balaban J connectivity index is 0.00000353. The van der Waals surface area contributed by atoms with Crippen LogP contribution in [0.5, 0.6) is 0 Å². The lowest BCUT2D eigenvalue weighted by Gasteiger charge is -2.34. The number of anilines is 2. The first kappa shape index (κ1) is 28.8. The van der Waals surface area contributed by atoms with Gasteiger partial charge in [0.05, 0.1) is 26.4 Å². The summed E-state index contributed by atoms with van der Waals surface area (Å²) >= 11 is 1.72. The number of hydrogen-bond acceptors (Lipinski definition) is 7. The summed E-state index contributed by atoms with van der Waals surface area (Å²) in [6, 6.07) is 17.2. The summed E-state index contributed by atoms with van der Waals surface area (Å²) in [7, 11) is -3.98. The van der Waals surface area contributed by atoms with Crippen molar-refractivity contribution >= 4 is 60.7 Å². The minimum Gasteiger partial charge on any atom is -0.351 e. The molecular weight excluding hydrogens is 561 g/mol. The second kappa shape index (κ2) is 12.3. The molecule has 12 heteroatoms. The maximum Gasteiger partial charge on any atom is 0.261 e. The molecule has 2 heterocycles. The van der Waals surface area contributed by atoms with E-state index in [9.17, 15) is 17.6 Å². The van der Waals surface area contributed by atoms with Crippen molar-refractivity contribution < 1.29 is 17.6 Å². The van der Waals surface area contributed by atoms with Crippen molar-refractivity contribution in [1.29, 1.82) is 0 Å². The highest BCUT2D eigenvalue weighted by Crippen LogP contribution is 2.30. The van der Waals surface area contributed by atoms with E-state index >= 15 is 0 Å². The van der Waals surface area contributed by atoms with Crippen LogP contribution in [-0.4, -0.2) is 63.5 Å². The van der Waals surface area contributed by atoms with E-state index in [4.69, 9.17) is 4.98 Å². The predicted molar refractivity (Wildman–Crippen MR) is 156 cm³/mol. The Hall–Kier alpha value is -3.25. The Morgan fingerprint density at radius 3 is 2.49 bits per heavy atom. The number of carbonyl (C=O) groups is 1. The third-order valence-corrected chi connectivity index (χ3v) is 8.89. The number of benzene rings is 3. The van der Waals surface area contributed by atoms with E-state index in [-0.39, 0.29) is 34.5 Å². The molecule has 4 aromatic rings. The zero-order chi connectivity index (χ0) is 26.7. The number of nitrogens with one attached hydrogen (secondary N) is 2. The van der Waals surface area contributed by atoms with Crippen LogP contribution in [0.4, 0.5) is 15.2 Å². The maximum atomic E-state index is 13.2. The summed E-state index contributed by atoms with van der Waals surface area (Å²) < 4.78 is 42.3. The first-order valence-electron chi connectivity index (χ1n) is 12.3. The zero-order valence-corrected chi connectivity index (χ0v) is 23.7. The quantitative estimate of drug-likeness (QED) is 0.314. The van der Waals surface area contributed by atoms with Crippen LogP contribution in [0, 0.1) is 12.7 Å². The molecule has 0 saturated carbocycles. The van der Waals surface area contributed by atoms with Crippen molar-refractivity contribution in [1.82, 2.24) is 15.2 Å². The Morgan fingerprint density at radius 1 is 1.03 bits per heavy atom. The highest BCUT2D eigenvalue weighted by molar-refractivity contribution is 7.92. The van der Waals surface area contributed by atoms with Gasteiger partial charge in [-0.25, -0.2) is 17.8 Å². The average Bonchev–Trinajstić information content (AvgIpc) is 3.32. The summed E-state index contributed by atoms with van der Waals surface area (Å²) in [5, 5.41) is 3.94. The number of nitrogens with zero attached hydrogens (tertiary/aromatic N) is 3. The van der Waals surface area contributed by atoms with E-state index in [1.807, 2.05) is 0 Å². The molecule has 1 aromatic heterocycles. The highest BCUT2D eigenvalue weighted by atomic mass is 35.5. The van der Waals surface area contributed by atoms with Crippen molar-refractivity contribution in [3.8, 4) is 0 Å². The van der Waals surface area contributed by atoms with Crippen LogP contribution in [-0.2, 0) is 10.0 Å². The summed E-state index contributed by atoms with van der Waals surface area (Å²) in [5.41, 5.74) is 2.64. The first-order chi connectivity index (χ1) is 18.3. The van der Waals surface area contributed by atoms with Crippen molar-refractivity contribution in [3.63, 3.8) is 0 Å². The first-order valence-corrected chi connectivity index (χ1v) is 14.6. The molecule has 0 atom stereocenters. The van der Waals surface area contributed by atoms with E-state index in [0.29, 0.717) is 13.1 Å². The van der Waals surface area contributed by atoms with E-state index in [1.165, 1.54) is 28.5 Å². The number of amides is 1. The fourth-order valence-corrected chi connectivity index (χ4v) is 6.52. The molecule has 3 aromatic carbocycles. The molecular formula is C27H29ClFN5O3S2. The lowest BCUT2D eigenvalue weighted by molar-refractivity contribution is 0.0948. The number of rotatable bonds is 8. The van der Waals surface area contributed by atoms with Gasteiger partial charge in [0.25, 0.3) is 15.9 Å². The summed E-state index contributed by atoms with van der Waals surface area (Å²) in [6.07, 6.45) is 0. The van der Waals surface area contributed by atoms with Crippen LogP contribution < -0.4 is 14.9 Å². The smallest absolute Gasteiger partial charge is 0.261 e. The van der Waals surface area contributed by atoms with E-state index in [2.05, 4.69) is 45.0 Å². The lowest BCUT2D eigenvalue weighted by atomic mass is 10.1. The fraction of sp³-hybridized carbons (Fsp3) is 0.259. The largest absolute Gasteiger partial charge is 0.351 e. The van der Waals surface area contributed by atoms with Gasteiger partial charge >= 0.3 is 0 Å². The number of fused-ring (bicyclic) bond motifs is 1. The molecule has 0 spiro atoms. The molecule has 0 bridgehead atoms. The molecule has 0 radical (unpaired) electrons. The Bertz CT molecular complexity index is 1560. The number of aromatic nitrogens is 1. The van der Waals surface area contributed by atoms with E-state index in [1.54, 1.807) is 29.5 Å². The van der Waals surface area contributed by atoms with Crippen molar-refractivity contribution in [2.45, 2.75) is 11.8 Å². The third-order valence-electron chi connectivity index (χ3n) is 6.43. The zero-order valence-electron chi connectivity index (χ0n) is 21.3. The Morgan fingerprint density at radius 2 is 1.74 bits per heavy atom. The third kappa shape index (κ3) is 6.85. The number of aryl methyl sites for hydroxylation is 1. The standard InChI is InChI=1S/C27H28FN5O3S2.ClH/c1-19-6-11-24-25(18-19)37-27(30-24)33-16-14-32(15-17-33)13-12-29-26(34)22-4-2-3-5-23(22)31-38(35,36)21-9-7-20(28)8-10-21;/h2-11,18,31H,12-17H2,1H3,(H,29,34);1H. The number of carbonyl (C=O) groups excluding carboxylic acids is 1. The molecule has 1 amide bonds. The van der Waals surface area contributed by atoms with Gasteiger partial charge in [0, 0.05) is 39.3 Å². The van der Waals surface area contributed by atoms with Gasteiger partial charge in [0.2, 0.25) is 0 Å². The minimum atomic E-state index is -3.98. The van der Waals surface area contributed by atoms with Crippen LogP contribution in [0.3, 0.4) is 0 Å². The number of hydrogen-bond donors (Lipinski definition) is 2. The Labute approximate surface area is 237 Å². The van der Waals surface area contributed by atoms with Gasteiger partial charge in [0.15, 0.2) is 5.13 Å². The Kier molecular flexibility index (Phi) is 9.06. The second-order valence-corrected chi connectivity index (χ2v) is 11.8. The van der Waals surface area contributed by atoms with Crippen LogP contribution in [0.1, 0.15) is 15.9 Å². The van der Waals surface area contributed by atoms with Crippen molar-refractivity contribution in [2.75, 3.05) is 48.9 Å². The molecule has 39 heavy (non-hydrogen) atoms. The summed E-state index contributed by atoms with van der Waals surface area (Å²) in [6.45, 7) is 6.64. The number of halogens is 2. The van der Waals surface area contributed by atoms with Gasteiger partial charge in [0.1, 0.15) is 5.82 Å². The molecule has 0 aliphatic carbocycles. The van der Waals surface area contributed by atoms with E-state index < -0.39 is 15.8 Å². The van der Waals surface area contributed by atoms with Crippen molar-refractivity contribution in [2.24, 2.45) is 0 Å². The number of piperazine rings is 1. The molecule has 8 nitrogen and oxygen atoms in total. The lowest BCUT2D eigenvalue weighted by Crippen LogP contribution is -2.48. The molecule has 1 fully saturated rings. The minimum absolute atomic E-state index is 0. The van der Waals surface area contributed by atoms with Gasteiger partial charge in [-0.05, 0) is 61.0 Å². The molecule has 2 N–H and O–H groups in total. The highest BCUT2D eigenvalue weighted by Gasteiger charge is 2.21. The van der Waals surface area contributed by atoms with Gasteiger partial charge in [-0.3, -0.25) is 14.4 Å². The van der Waals surface area contributed by atoms with Gasteiger partial charge in [-0.2, -0.15) is 0 Å². The molecule has 0 unspecified atom stereocenters. The molecule has 1 aliphatic heterocycles. The molecule has 1 aliphatic rings. The number of para-hydroxylation sites is 1. The fourth-order valence-electron chi connectivity index (χ4n) is 4.33. The molecule has 5 rings (SSSR count). The van der Waals surface area contributed by atoms with Crippen LogP contribution in [0.15, 0.2) is 71.6 Å². The van der Waals surface area contributed by atoms with Gasteiger partial charge in [-0.1, -0.05) is 29.5 Å². The summed E-state index contributed by atoms with van der Waals surface area (Å²) in [5.74, 6) is -0.900. The van der Waals surface area contributed by atoms with Crippen molar-refractivity contribution in [3.05, 3.63) is 83.7 Å². The van der Waals surface area contributed by atoms with Gasteiger partial charge < -0.3 is 10.2 Å². The summed E-state index contributed by atoms with van der Waals surface area (Å²) in [4.78, 5) is 22.2.